The summed E-state index contributed by atoms with van der Waals surface area (Å²) in [5, 5.41) is 3.21. The second-order valence-corrected chi connectivity index (χ2v) is 5.10. The molecule has 6 heteroatoms. The van der Waals surface area contributed by atoms with E-state index in [0.29, 0.717) is 18.8 Å². The maximum atomic E-state index is 11.9. The number of nitrogens with two attached hydrogens (primary N) is 1. The van der Waals surface area contributed by atoms with E-state index >= 15 is 0 Å². The van der Waals surface area contributed by atoms with E-state index < -0.39 is 0 Å². The van der Waals surface area contributed by atoms with Crippen LogP contribution < -0.4 is 11.1 Å². The highest BCUT2D eigenvalue weighted by Gasteiger charge is 2.17. The fourth-order valence-electron chi connectivity index (χ4n) is 2.49. The lowest BCUT2D eigenvalue weighted by atomic mass is 10.1. The molecule has 1 aliphatic heterocycles. The first kappa shape index (κ1) is 14.6. The van der Waals surface area contributed by atoms with Gasteiger partial charge in [-0.25, -0.2) is 9.97 Å². The molecule has 1 aromatic heterocycles. The second-order valence-electron chi connectivity index (χ2n) is 5.10. The predicted molar refractivity (Wildman–Crippen MR) is 79.4 cm³/mol. The first-order chi connectivity index (χ1) is 9.72. The number of hydrogen-bond donors (Lipinski definition) is 2. The van der Waals surface area contributed by atoms with Gasteiger partial charge >= 0.3 is 0 Å². The third-order valence-electron chi connectivity index (χ3n) is 3.57. The summed E-state index contributed by atoms with van der Waals surface area (Å²) in [6, 6.07) is 0. The molecule has 0 atom stereocenters. The Morgan fingerprint density at radius 3 is 2.85 bits per heavy atom. The molecule has 0 bridgehead atoms. The number of likely N-dealkylation sites (tertiary alicyclic amines) is 1. The topological polar surface area (TPSA) is 84.1 Å². The molecule has 6 nitrogen and oxygen atoms in total. The highest BCUT2D eigenvalue weighted by atomic mass is 16.2. The Kier molecular flexibility index (Phi) is 5.15. The van der Waals surface area contributed by atoms with E-state index in [1.807, 2.05) is 4.90 Å². The Bertz CT molecular complexity index is 457. The van der Waals surface area contributed by atoms with Crippen LogP contribution >= 0.6 is 0 Å². The van der Waals surface area contributed by atoms with Crippen LogP contribution in [0.25, 0.3) is 0 Å². The van der Waals surface area contributed by atoms with Gasteiger partial charge in [-0.2, -0.15) is 0 Å². The molecule has 110 valence electrons. The third kappa shape index (κ3) is 3.59. The summed E-state index contributed by atoms with van der Waals surface area (Å²) in [5.74, 6) is 1.50. The summed E-state index contributed by atoms with van der Waals surface area (Å²) in [6.07, 6.45) is 6.03. The Hall–Kier alpha value is -1.85. The Morgan fingerprint density at radius 2 is 2.15 bits per heavy atom. The van der Waals surface area contributed by atoms with Crippen LogP contribution in [-0.4, -0.2) is 40.4 Å². The van der Waals surface area contributed by atoms with Crippen LogP contribution in [0.4, 0.5) is 11.6 Å². The molecule has 2 rings (SSSR count). The van der Waals surface area contributed by atoms with Gasteiger partial charge in [0, 0.05) is 31.6 Å². The average Bonchev–Trinajstić information content (AvgIpc) is 2.96. The third-order valence-corrected chi connectivity index (χ3v) is 3.57. The van der Waals surface area contributed by atoms with Gasteiger partial charge in [-0.1, -0.05) is 13.3 Å². The van der Waals surface area contributed by atoms with Crippen molar-refractivity contribution in [2.24, 2.45) is 0 Å². The van der Waals surface area contributed by atoms with Crippen LogP contribution in [0.2, 0.25) is 0 Å². The van der Waals surface area contributed by atoms with Crippen molar-refractivity contribution in [3.63, 3.8) is 0 Å². The van der Waals surface area contributed by atoms with Crippen LogP contribution in [0, 0.1) is 0 Å². The van der Waals surface area contributed by atoms with E-state index in [2.05, 4.69) is 22.2 Å². The minimum absolute atomic E-state index is 0.217. The number of carbonyl (C=O) groups excluding carboxylic acids is 1. The van der Waals surface area contributed by atoms with Gasteiger partial charge in [-0.05, 0) is 19.3 Å². The molecule has 2 heterocycles. The largest absolute Gasteiger partial charge is 0.383 e. The molecular weight excluding hydrogens is 254 g/mol. The van der Waals surface area contributed by atoms with Crippen LogP contribution in [-0.2, 0) is 11.2 Å². The number of rotatable bonds is 6. The molecule has 1 amide bonds. The lowest BCUT2D eigenvalue weighted by Gasteiger charge is -2.16. The van der Waals surface area contributed by atoms with Crippen molar-refractivity contribution in [2.45, 2.75) is 39.0 Å². The number of carbonyl (C=O) groups is 1. The van der Waals surface area contributed by atoms with Crippen LogP contribution in [0.3, 0.4) is 0 Å². The predicted octanol–water partition coefficient (Wildman–Crippen LogP) is 1.44. The van der Waals surface area contributed by atoms with Gasteiger partial charge in [0.05, 0.1) is 0 Å². The summed E-state index contributed by atoms with van der Waals surface area (Å²) < 4.78 is 0. The van der Waals surface area contributed by atoms with Crippen molar-refractivity contribution >= 4 is 17.5 Å². The molecule has 1 saturated heterocycles. The average molecular weight is 277 g/mol. The lowest BCUT2D eigenvalue weighted by molar-refractivity contribution is -0.129. The zero-order valence-electron chi connectivity index (χ0n) is 12.1. The lowest BCUT2D eigenvalue weighted by Crippen LogP contribution is -2.29. The highest BCUT2D eigenvalue weighted by molar-refractivity contribution is 5.77. The molecule has 0 saturated carbocycles. The van der Waals surface area contributed by atoms with E-state index in [1.54, 1.807) is 0 Å². The van der Waals surface area contributed by atoms with Crippen molar-refractivity contribution < 1.29 is 4.79 Å². The fourth-order valence-corrected chi connectivity index (χ4v) is 2.49. The van der Waals surface area contributed by atoms with E-state index in [0.717, 1.165) is 50.2 Å². The number of hydrogen-bond acceptors (Lipinski definition) is 5. The molecule has 1 aliphatic rings. The maximum absolute atomic E-state index is 11.9. The van der Waals surface area contributed by atoms with Crippen molar-refractivity contribution in [1.29, 1.82) is 0 Å². The first-order valence-corrected chi connectivity index (χ1v) is 7.33. The molecule has 20 heavy (non-hydrogen) atoms. The van der Waals surface area contributed by atoms with Gasteiger partial charge in [0.25, 0.3) is 0 Å². The molecule has 0 radical (unpaired) electrons. The molecule has 1 aromatic rings. The summed E-state index contributed by atoms with van der Waals surface area (Å²) in [6.45, 7) is 4.48. The minimum atomic E-state index is 0.217. The van der Waals surface area contributed by atoms with Gasteiger partial charge in [0.15, 0.2) is 0 Å². The van der Waals surface area contributed by atoms with Crippen LogP contribution in [0.5, 0.6) is 0 Å². The van der Waals surface area contributed by atoms with Crippen molar-refractivity contribution in [3.8, 4) is 0 Å². The number of nitrogens with zero attached hydrogens (tertiary/aromatic N) is 3. The van der Waals surface area contributed by atoms with Crippen molar-refractivity contribution in [3.05, 3.63) is 11.9 Å². The van der Waals surface area contributed by atoms with Gasteiger partial charge in [0.1, 0.15) is 18.0 Å². The van der Waals surface area contributed by atoms with E-state index in [4.69, 9.17) is 5.73 Å². The molecular formula is C14H23N5O. The highest BCUT2D eigenvalue weighted by Crippen LogP contribution is 2.19. The monoisotopic (exact) mass is 277 g/mol. The zero-order valence-corrected chi connectivity index (χ0v) is 12.1. The molecule has 0 unspecified atom stereocenters. The van der Waals surface area contributed by atoms with Crippen molar-refractivity contribution in [2.75, 3.05) is 30.7 Å². The summed E-state index contributed by atoms with van der Waals surface area (Å²) in [5.41, 5.74) is 6.82. The number of amides is 1. The van der Waals surface area contributed by atoms with Gasteiger partial charge in [0.2, 0.25) is 5.91 Å². The minimum Gasteiger partial charge on any atom is -0.383 e. The molecule has 0 aromatic carbocycles. The van der Waals surface area contributed by atoms with Gasteiger partial charge in [-0.15, -0.1) is 0 Å². The van der Waals surface area contributed by atoms with E-state index in [1.165, 1.54) is 6.33 Å². The van der Waals surface area contributed by atoms with E-state index in [-0.39, 0.29) is 5.91 Å². The summed E-state index contributed by atoms with van der Waals surface area (Å²) >= 11 is 0. The summed E-state index contributed by atoms with van der Waals surface area (Å²) in [7, 11) is 0. The number of anilines is 2. The molecule has 3 N–H and O–H groups in total. The maximum Gasteiger partial charge on any atom is 0.224 e. The Balaban J connectivity index is 1.87. The second kappa shape index (κ2) is 7.07. The van der Waals surface area contributed by atoms with Crippen molar-refractivity contribution in [1.82, 2.24) is 14.9 Å². The van der Waals surface area contributed by atoms with Crippen LogP contribution in [0.15, 0.2) is 6.33 Å². The SMILES string of the molecule is CCCc1c(N)ncnc1NCCC(=O)N1CCCC1. The number of nitrogens with one attached hydrogen (secondary N) is 1. The quantitative estimate of drug-likeness (QED) is 0.822. The first-order valence-electron chi connectivity index (χ1n) is 7.33. The fraction of sp³-hybridized carbons (Fsp3) is 0.643. The van der Waals surface area contributed by atoms with Gasteiger partial charge < -0.3 is 16.0 Å². The smallest absolute Gasteiger partial charge is 0.224 e. The number of nitrogen functional groups attached to an aromatic ring is 1. The Labute approximate surface area is 119 Å². The van der Waals surface area contributed by atoms with E-state index in [9.17, 15) is 4.79 Å². The standard InChI is InChI=1S/C14H23N5O/c1-2-5-11-13(15)17-10-18-14(11)16-7-6-12(20)19-8-3-4-9-19/h10H,2-9H2,1H3,(H3,15,16,17,18). The Morgan fingerprint density at radius 1 is 1.40 bits per heavy atom. The molecule has 1 fully saturated rings. The molecule has 0 aliphatic carbocycles. The van der Waals surface area contributed by atoms with Gasteiger partial charge in [-0.3, -0.25) is 4.79 Å². The zero-order chi connectivity index (χ0) is 14.4. The molecule has 0 spiro atoms. The van der Waals surface area contributed by atoms with Crippen LogP contribution in [0.1, 0.15) is 38.2 Å². The number of aromatic nitrogens is 2. The summed E-state index contributed by atoms with van der Waals surface area (Å²) in [4.78, 5) is 22.1. The normalized spacial score (nSPS) is 14.6.